The fourth-order valence-electron chi connectivity index (χ4n) is 5.43. The maximum Gasteiger partial charge on any atom is 0.132 e. The molecule has 0 N–H and O–H groups in total. The number of allylic oxidation sites excluding steroid dienone is 1. The van der Waals surface area contributed by atoms with Crippen LogP contribution in [0.4, 0.5) is 0 Å². The number of hydrogen-bond donors (Lipinski definition) is 0. The molecule has 0 spiro atoms. The fraction of sp³-hybridized carbons (Fsp3) is 0.857. The molecule has 2 saturated carbocycles. The molecule has 2 fully saturated rings. The van der Waals surface area contributed by atoms with Crippen molar-refractivity contribution in [2.45, 2.75) is 91.4 Å². The number of rotatable bonds is 8. The van der Waals surface area contributed by atoms with E-state index in [9.17, 15) is 4.79 Å². The van der Waals surface area contributed by atoms with Crippen molar-refractivity contribution in [3.63, 3.8) is 0 Å². The Kier molecular flexibility index (Phi) is 7.38. The zero-order chi connectivity index (χ0) is 16.9. The van der Waals surface area contributed by atoms with Gasteiger partial charge in [0.2, 0.25) is 0 Å². The summed E-state index contributed by atoms with van der Waals surface area (Å²) >= 11 is 3.61. The van der Waals surface area contributed by atoms with Gasteiger partial charge in [0.05, 0.1) is 0 Å². The first kappa shape index (κ1) is 19.2. The Bertz CT molecular complexity index is 428. The summed E-state index contributed by atoms with van der Waals surface area (Å²) in [5.74, 6) is 2.45. The van der Waals surface area contributed by atoms with Gasteiger partial charge in [-0.15, -0.1) is 0 Å². The van der Waals surface area contributed by atoms with Gasteiger partial charge in [-0.3, -0.25) is 4.79 Å². The monoisotopic (exact) mass is 382 g/mol. The molecule has 0 amide bonds. The van der Waals surface area contributed by atoms with Gasteiger partial charge in [-0.2, -0.15) is 0 Å². The van der Waals surface area contributed by atoms with Gasteiger partial charge in [-0.1, -0.05) is 54.6 Å². The van der Waals surface area contributed by atoms with E-state index in [1.165, 1.54) is 51.4 Å². The molecule has 4 unspecified atom stereocenters. The quantitative estimate of drug-likeness (QED) is 0.411. The lowest BCUT2D eigenvalue weighted by molar-refractivity contribution is -0.121. The van der Waals surface area contributed by atoms with E-state index in [1.807, 2.05) is 0 Å². The SMILES string of the molecule is CCCC(CCCCC1CCC2/C(=C/Br)CCCC12C)C(C)=O. The predicted molar refractivity (Wildman–Crippen MR) is 103 cm³/mol. The summed E-state index contributed by atoms with van der Waals surface area (Å²) in [4.78, 5) is 13.9. The van der Waals surface area contributed by atoms with Crippen molar-refractivity contribution >= 4 is 21.7 Å². The number of carbonyl (C=O) groups excluding carboxylic acids is 1. The molecule has 0 radical (unpaired) electrons. The molecule has 132 valence electrons. The van der Waals surface area contributed by atoms with Gasteiger partial charge in [0, 0.05) is 5.92 Å². The first-order valence-electron chi connectivity index (χ1n) is 9.82. The number of hydrogen-bond acceptors (Lipinski definition) is 1. The van der Waals surface area contributed by atoms with Crippen LogP contribution in [0, 0.1) is 23.2 Å². The van der Waals surface area contributed by atoms with Crippen LogP contribution in [0.15, 0.2) is 10.6 Å². The van der Waals surface area contributed by atoms with Crippen LogP contribution in [0.5, 0.6) is 0 Å². The second kappa shape index (κ2) is 8.83. The maximum absolute atomic E-state index is 11.7. The predicted octanol–water partition coefficient (Wildman–Crippen LogP) is 7.05. The van der Waals surface area contributed by atoms with Crippen LogP contribution in [0.3, 0.4) is 0 Å². The number of carbonyl (C=O) groups is 1. The topological polar surface area (TPSA) is 17.1 Å². The summed E-state index contributed by atoms with van der Waals surface area (Å²) in [6, 6.07) is 0. The molecule has 23 heavy (non-hydrogen) atoms. The van der Waals surface area contributed by atoms with E-state index < -0.39 is 0 Å². The zero-order valence-corrected chi connectivity index (χ0v) is 17.0. The van der Waals surface area contributed by atoms with Crippen molar-refractivity contribution < 1.29 is 4.79 Å². The third-order valence-electron chi connectivity index (χ3n) is 6.87. The molecule has 2 aliphatic rings. The van der Waals surface area contributed by atoms with E-state index in [2.05, 4.69) is 34.8 Å². The van der Waals surface area contributed by atoms with Crippen molar-refractivity contribution in [2.75, 3.05) is 0 Å². The van der Waals surface area contributed by atoms with Gasteiger partial charge in [0.25, 0.3) is 0 Å². The molecule has 2 heteroatoms. The zero-order valence-electron chi connectivity index (χ0n) is 15.4. The lowest BCUT2D eigenvalue weighted by Gasteiger charge is -2.42. The molecule has 0 aromatic carbocycles. The summed E-state index contributed by atoms with van der Waals surface area (Å²) < 4.78 is 0. The first-order chi connectivity index (χ1) is 11.0. The third-order valence-corrected chi connectivity index (χ3v) is 7.46. The molecule has 1 nitrogen and oxygen atoms in total. The number of halogens is 1. The van der Waals surface area contributed by atoms with Gasteiger partial charge in [0.15, 0.2) is 0 Å². The molecule has 0 aliphatic heterocycles. The van der Waals surface area contributed by atoms with E-state index >= 15 is 0 Å². The Morgan fingerprint density at radius 3 is 2.78 bits per heavy atom. The van der Waals surface area contributed by atoms with Crippen LogP contribution in [0.2, 0.25) is 0 Å². The van der Waals surface area contributed by atoms with E-state index in [-0.39, 0.29) is 0 Å². The lowest BCUT2D eigenvalue weighted by atomic mass is 9.63. The van der Waals surface area contributed by atoms with Gasteiger partial charge < -0.3 is 0 Å². The normalized spacial score (nSPS) is 33.7. The largest absolute Gasteiger partial charge is 0.300 e. The van der Waals surface area contributed by atoms with Crippen molar-refractivity contribution in [2.24, 2.45) is 23.2 Å². The fourth-order valence-corrected chi connectivity index (χ4v) is 5.98. The number of Topliss-reactive ketones (excluding diaryl/α,β-unsaturated/α-hetero) is 1. The van der Waals surface area contributed by atoms with E-state index in [1.54, 1.807) is 12.5 Å². The third kappa shape index (κ3) is 4.50. The highest BCUT2D eigenvalue weighted by Crippen LogP contribution is 2.58. The number of unbranched alkanes of at least 4 members (excludes halogenated alkanes) is 1. The smallest absolute Gasteiger partial charge is 0.132 e. The van der Waals surface area contributed by atoms with Crippen molar-refractivity contribution in [1.82, 2.24) is 0 Å². The molecule has 4 atom stereocenters. The van der Waals surface area contributed by atoms with E-state index in [0.29, 0.717) is 17.1 Å². The average Bonchev–Trinajstić information content (AvgIpc) is 2.86. The molecular weight excluding hydrogens is 348 g/mol. The Labute approximate surface area is 151 Å². The van der Waals surface area contributed by atoms with Gasteiger partial charge >= 0.3 is 0 Å². The molecule has 0 aromatic heterocycles. The minimum absolute atomic E-state index is 0.324. The van der Waals surface area contributed by atoms with Crippen LogP contribution in [-0.4, -0.2) is 5.78 Å². The van der Waals surface area contributed by atoms with Crippen LogP contribution >= 0.6 is 15.9 Å². The summed E-state index contributed by atoms with van der Waals surface area (Å²) in [7, 11) is 0. The average molecular weight is 383 g/mol. The summed E-state index contributed by atoms with van der Waals surface area (Å²) in [5, 5.41) is 0. The molecule has 0 heterocycles. The number of fused-ring (bicyclic) bond motifs is 1. The van der Waals surface area contributed by atoms with Gasteiger partial charge in [-0.25, -0.2) is 0 Å². The van der Waals surface area contributed by atoms with Crippen LogP contribution in [-0.2, 0) is 4.79 Å². The Hall–Kier alpha value is -0.110. The molecular formula is C21H35BrO. The van der Waals surface area contributed by atoms with Crippen molar-refractivity contribution in [3.8, 4) is 0 Å². The summed E-state index contributed by atoms with van der Waals surface area (Å²) in [6.07, 6.45) is 14.1. The van der Waals surface area contributed by atoms with E-state index in [4.69, 9.17) is 0 Å². The minimum atomic E-state index is 0.324. The van der Waals surface area contributed by atoms with Crippen molar-refractivity contribution in [1.29, 1.82) is 0 Å². The van der Waals surface area contributed by atoms with Crippen molar-refractivity contribution in [3.05, 3.63) is 10.6 Å². The van der Waals surface area contributed by atoms with Gasteiger partial charge in [0.1, 0.15) is 5.78 Å². The van der Waals surface area contributed by atoms with Gasteiger partial charge in [-0.05, 0) is 80.5 Å². The summed E-state index contributed by atoms with van der Waals surface area (Å²) in [5.41, 5.74) is 2.21. The standard InChI is InChI=1S/C21H35BrO/c1-4-8-17(16(2)23)9-5-6-11-19-12-13-20-18(15-22)10-7-14-21(19,20)3/h15,17,19-20H,4-14H2,1-3H3/b18-15+. The van der Waals surface area contributed by atoms with Crippen LogP contribution < -0.4 is 0 Å². The maximum atomic E-state index is 11.7. The minimum Gasteiger partial charge on any atom is -0.300 e. The Morgan fingerprint density at radius 2 is 2.13 bits per heavy atom. The highest BCUT2D eigenvalue weighted by molar-refractivity contribution is 9.11. The lowest BCUT2D eigenvalue weighted by Crippen LogP contribution is -2.33. The van der Waals surface area contributed by atoms with Crippen LogP contribution in [0.1, 0.15) is 91.4 Å². The Morgan fingerprint density at radius 1 is 1.35 bits per heavy atom. The first-order valence-corrected chi connectivity index (χ1v) is 10.7. The van der Waals surface area contributed by atoms with E-state index in [0.717, 1.165) is 31.1 Å². The molecule has 0 aromatic rings. The number of ketones is 1. The second-order valence-corrected chi connectivity index (χ2v) is 8.71. The molecule has 0 bridgehead atoms. The second-order valence-electron chi connectivity index (χ2n) is 8.25. The highest BCUT2D eigenvalue weighted by Gasteiger charge is 2.48. The summed E-state index contributed by atoms with van der Waals surface area (Å²) in [6.45, 7) is 6.52. The Balaban J connectivity index is 1.81. The highest BCUT2D eigenvalue weighted by atomic mass is 79.9. The van der Waals surface area contributed by atoms with Crippen LogP contribution in [0.25, 0.3) is 0 Å². The molecule has 2 rings (SSSR count). The molecule has 2 aliphatic carbocycles. The molecule has 0 saturated heterocycles.